The Balaban J connectivity index is 1.80. The Morgan fingerprint density at radius 3 is 2.52 bits per heavy atom. The minimum Gasteiger partial charge on any atom is -0.345 e. The van der Waals surface area contributed by atoms with Gasteiger partial charge < -0.3 is 9.80 Å². The lowest BCUT2D eigenvalue weighted by molar-refractivity contribution is 0.0827. The zero-order valence-corrected chi connectivity index (χ0v) is 17.3. The molecule has 1 aromatic heterocycles. The summed E-state index contributed by atoms with van der Waals surface area (Å²) in [6, 6.07) is 6.80. The Morgan fingerprint density at radius 2 is 1.87 bits per heavy atom. The van der Waals surface area contributed by atoms with Crippen molar-refractivity contribution in [3.05, 3.63) is 59.6 Å². The summed E-state index contributed by atoms with van der Waals surface area (Å²) >= 11 is 0. The van der Waals surface area contributed by atoms with E-state index in [9.17, 15) is 13.6 Å². The second kappa shape index (κ2) is 8.26. The fourth-order valence-corrected chi connectivity index (χ4v) is 4.06. The summed E-state index contributed by atoms with van der Waals surface area (Å²) < 4.78 is 29.6. The van der Waals surface area contributed by atoms with Gasteiger partial charge in [0.25, 0.3) is 5.91 Å². The molecular formula is C23H21F2N5O. The van der Waals surface area contributed by atoms with Crippen molar-refractivity contribution in [2.24, 2.45) is 0 Å². The highest BCUT2D eigenvalue weighted by Gasteiger charge is 2.24. The van der Waals surface area contributed by atoms with E-state index in [1.54, 1.807) is 19.0 Å². The van der Waals surface area contributed by atoms with E-state index in [0.717, 1.165) is 18.9 Å². The monoisotopic (exact) mass is 421 g/mol. The third-order valence-electron chi connectivity index (χ3n) is 5.67. The van der Waals surface area contributed by atoms with E-state index >= 15 is 0 Å². The van der Waals surface area contributed by atoms with Crippen LogP contribution >= 0.6 is 0 Å². The van der Waals surface area contributed by atoms with Crippen molar-refractivity contribution in [1.82, 2.24) is 19.8 Å². The lowest BCUT2D eigenvalue weighted by Crippen LogP contribution is -2.29. The highest BCUT2D eigenvalue weighted by Crippen LogP contribution is 2.36. The zero-order valence-electron chi connectivity index (χ0n) is 17.3. The van der Waals surface area contributed by atoms with E-state index in [4.69, 9.17) is 5.26 Å². The first-order valence-electron chi connectivity index (χ1n) is 9.99. The van der Waals surface area contributed by atoms with Crippen molar-refractivity contribution in [3.8, 4) is 17.3 Å². The summed E-state index contributed by atoms with van der Waals surface area (Å²) in [4.78, 5) is 23.9. The van der Waals surface area contributed by atoms with Crippen LogP contribution in [0.2, 0.25) is 0 Å². The molecule has 0 N–H and O–H groups in total. The predicted octanol–water partition coefficient (Wildman–Crippen LogP) is 3.94. The van der Waals surface area contributed by atoms with Gasteiger partial charge in [-0.15, -0.1) is 0 Å². The average molecular weight is 421 g/mol. The van der Waals surface area contributed by atoms with Crippen LogP contribution in [0.4, 0.5) is 8.78 Å². The van der Waals surface area contributed by atoms with Crippen LogP contribution in [0.5, 0.6) is 0 Å². The van der Waals surface area contributed by atoms with Crippen molar-refractivity contribution >= 4 is 16.8 Å². The Kier molecular flexibility index (Phi) is 5.51. The topological polar surface area (TPSA) is 73.1 Å². The number of aromatic nitrogens is 2. The maximum absolute atomic E-state index is 15.0. The second-order valence-corrected chi connectivity index (χ2v) is 7.86. The van der Waals surface area contributed by atoms with Crippen LogP contribution in [0.3, 0.4) is 0 Å². The number of hydrogen-bond acceptors (Lipinski definition) is 5. The van der Waals surface area contributed by atoms with Crippen molar-refractivity contribution in [3.63, 3.8) is 0 Å². The third-order valence-corrected chi connectivity index (χ3v) is 5.67. The van der Waals surface area contributed by atoms with Gasteiger partial charge in [0, 0.05) is 55.2 Å². The fourth-order valence-electron chi connectivity index (χ4n) is 4.06. The number of carbonyl (C=O) groups is 1. The maximum atomic E-state index is 15.0. The van der Waals surface area contributed by atoms with Gasteiger partial charge in [-0.3, -0.25) is 4.79 Å². The van der Waals surface area contributed by atoms with Gasteiger partial charge in [0.2, 0.25) is 0 Å². The molecule has 1 fully saturated rings. The summed E-state index contributed by atoms with van der Waals surface area (Å²) in [6.07, 6.45) is 5.01. The van der Waals surface area contributed by atoms with Crippen LogP contribution in [0.1, 0.15) is 34.8 Å². The van der Waals surface area contributed by atoms with E-state index in [-0.39, 0.29) is 23.0 Å². The minimum atomic E-state index is -0.623. The second-order valence-electron chi connectivity index (χ2n) is 7.86. The Hall–Kier alpha value is -3.60. The lowest BCUT2D eigenvalue weighted by Gasteiger charge is -2.28. The molecule has 0 atom stereocenters. The Bertz CT molecular complexity index is 1200. The van der Waals surface area contributed by atoms with Crippen LogP contribution < -0.4 is 0 Å². The molecule has 3 aromatic rings. The summed E-state index contributed by atoms with van der Waals surface area (Å²) in [5.41, 5.74) is 1.87. The molecule has 2 aromatic carbocycles. The molecule has 1 saturated heterocycles. The van der Waals surface area contributed by atoms with Crippen molar-refractivity contribution in [2.45, 2.75) is 18.8 Å². The smallest absolute Gasteiger partial charge is 0.253 e. The third kappa shape index (κ3) is 3.91. The summed E-state index contributed by atoms with van der Waals surface area (Å²) in [6.45, 7) is 1.23. The highest BCUT2D eigenvalue weighted by atomic mass is 19.1. The molecule has 31 heavy (non-hydrogen) atoms. The molecule has 1 aliphatic heterocycles. The van der Waals surface area contributed by atoms with Crippen molar-refractivity contribution in [2.75, 3.05) is 27.2 Å². The van der Waals surface area contributed by atoms with Gasteiger partial charge in [-0.05, 0) is 37.1 Å². The molecule has 0 bridgehead atoms. The SMILES string of the molecule is CN(C)C(=O)c1ccc(-c2cc(F)cc3c(C4CCN(C#N)CC4)ncnc23)c(F)c1. The molecule has 2 heterocycles. The van der Waals surface area contributed by atoms with Crippen LogP contribution in [-0.4, -0.2) is 52.9 Å². The molecule has 6 nitrogen and oxygen atoms in total. The van der Waals surface area contributed by atoms with Crippen LogP contribution in [-0.2, 0) is 0 Å². The number of carbonyl (C=O) groups excluding carboxylic acids is 1. The lowest BCUT2D eigenvalue weighted by atomic mass is 9.90. The number of likely N-dealkylation sites (tertiary alicyclic amines) is 1. The van der Waals surface area contributed by atoms with Crippen molar-refractivity contribution < 1.29 is 13.6 Å². The van der Waals surface area contributed by atoms with E-state index in [1.807, 2.05) is 0 Å². The number of hydrogen-bond donors (Lipinski definition) is 0. The molecule has 0 spiro atoms. The van der Waals surface area contributed by atoms with Crippen LogP contribution in [0, 0.1) is 23.1 Å². The van der Waals surface area contributed by atoms with Gasteiger partial charge in [-0.1, -0.05) is 6.07 Å². The number of halogens is 2. The maximum Gasteiger partial charge on any atom is 0.253 e. The van der Waals surface area contributed by atoms with Gasteiger partial charge in [-0.2, -0.15) is 5.26 Å². The number of fused-ring (bicyclic) bond motifs is 1. The largest absolute Gasteiger partial charge is 0.345 e. The number of nitrogens with zero attached hydrogens (tertiary/aromatic N) is 5. The molecule has 0 aliphatic carbocycles. The van der Waals surface area contributed by atoms with E-state index in [2.05, 4.69) is 16.2 Å². The van der Waals surface area contributed by atoms with Crippen molar-refractivity contribution in [1.29, 1.82) is 5.26 Å². The Labute approximate surface area is 178 Å². The van der Waals surface area contributed by atoms with Crippen LogP contribution in [0.25, 0.3) is 22.0 Å². The molecule has 0 saturated carbocycles. The normalized spacial score (nSPS) is 14.5. The first kappa shape index (κ1) is 20.7. The number of nitriles is 1. The number of piperidine rings is 1. The molecule has 0 unspecified atom stereocenters. The highest BCUT2D eigenvalue weighted by molar-refractivity contribution is 5.97. The standard InChI is InChI=1S/C23H21F2N5O/c1-29(2)23(31)15-3-4-17(20(25)9-15)18-10-16(24)11-19-21(27-13-28-22(18)19)14-5-7-30(12-26)8-6-14/h3-4,9-11,13-14H,5-8H2,1-2H3. The van der Waals surface area contributed by atoms with E-state index < -0.39 is 11.6 Å². The van der Waals surface area contributed by atoms with Crippen LogP contribution in [0.15, 0.2) is 36.7 Å². The summed E-state index contributed by atoms with van der Waals surface area (Å²) in [5.74, 6) is -1.39. The van der Waals surface area contributed by atoms with Gasteiger partial charge in [0.1, 0.15) is 18.0 Å². The molecule has 8 heteroatoms. The van der Waals surface area contributed by atoms with Gasteiger partial charge in [-0.25, -0.2) is 18.7 Å². The summed E-state index contributed by atoms with van der Waals surface area (Å²) in [5, 5.41) is 9.61. The molecular weight excluding hydrogens is 400 g/mol. The molecule has 0 radical (unpaired) electrons. The van der Waals surface area contributed by atoms with Gasteiger partial charge in [0.05, 0.1) is 11.2 Å². The van der Waals surface area contributed by atoms with Gasteiger partial charge >= 0.3 is 0 Å². The number of rotatable bonds is 3. The summed E-state index contributed by atoms with van der Waals surface area (Å²) in [7, 11) is 3.18. The number of amides is 1. The quantitative estimate of drug-likeness (QED) is 0.599. The van der Waals surface area contributed by atoms with Gasteiger partial charge in [0.15, 0.2) is 6.19 Å². The molecule has 158 valence electrons. The fraction of sp³-hybridized carbons (Fsp3) is 0.304. The molecule has 1 amide bonds. The number of benzene rings is 2. The molecule has 1 aliphatic rings. The first-order chi connectivity index (χ1) is 14.9. The van der Waals surface area contributed by atoms with E-state index in [1.165, 1.54) is 35.5 Å². The van der Waals surface area contributed by atoms with E-state index in [0.29, 0.717) is 35.2 Å². The first-order valence-corrected chi connectivity index (χ1v) is 9.99. The predicted molar refractivity (Wildman–Crippen MR) is 112 cm³/mol. The molecule has 4 rings (SSSR count). The average Bonchev–Trinajstić information content (AvgIpc) is 2.77. The zero-order chi connectivity index (χ0) is 22.1. The Morgan fingerprint density at radius 1 is 1.13 bits per heavy atom. The minimum absolute atomic E-state index is 0.0645.